The van der Waals surface area contributed by atoms with E-state index in [1.165, 1.54) is 25.3 Å². The molecule has 1 aliphatic rings. The lowest BCUT2D eigenvalue weighted by molar-refractivity contribution is -0.272. The van der Waals surface area contributed by atoms with Crippen molar-refractivity contribution in [2.24, 2.45) is 5.92 Å². The fraction of sp³-hybridized carbons (Fsp3) is 0.455. The van der Waals surface area contributed by atoms with Crippen LogP contribution in [0.5, 0.6) is 5.88 Å². The summed E-state index contributed by atoms with van der Waals surface area (Å²) in [4.78, 5) is 32.4. The molecule has 1 amide bonds. The van der Waals surface area contributed by atoms with Gasteiger partial charge >= 0.3 is 12.1 Å². The minimum Gasteiger partial charge on any atom is -0.481 e. The first-order valence-electron chi connectivity index (χ1n) is 10.3. The number of nitrogens with one attached hydrogen (secondary N) is 1. The van der Waals surface area contributed by atoms with E-state index in [2.05, 4.69) is 20.0 Å². The summed E-state index contributed by atoms with van der Waals surface area (Å²) in [6.07, 6.45) is -8.31. The number of rotatable bonds is 6. The number of esters is 1. The number of alkyl halides is 5. The van der Waals surface area contributed by atoms with Crippen molar-refractivity contribution in [3.63, 3.8) is 0 Å². The fourth-order valence-corrected chi connectivity index (χ4v) is 3.97. The van der Waals surface area contributed by atoms with Gasteiger partial charge in [0, 0.05) is 29.3 Å². The molecule has 3 rings (SSSR count). The molecule has 8 nitrogen and oxygen atoms in total. The Hall–Kier alpha value is -3.35. The first-order valence-corrected chi connectivity index (χ1v) is 10.3. The van der Waals surface area contributed by atoms with Gasteiger partial charge in [-0.15, -0.1) is 0 Å². The largest absolute Gasteiger partial charge is 0.481 e. The maximum Gasteiger partial charge on any atom is 0.417 e. The van der Waals surface area contributed by atoms with Crippen LogP contribution in [0.1, 0.15) is 47.9 Å². The molecule has 2 aromatic rings. The third-order valence-electron chi connectivity index (χ3n) is 6.04. The van der Waals surface area contributed by atoms with Crippen LogP contribution in [-0.4, -0.2) is 53.9 Å². The van der Waals surface area contributed by atoms with E-state index in [-0.39, 0.29) is 22.8 Å². The molecule has 1 fully saturated rings. The van der Waals surface area contributed by atoms with Crippen LogP contribution >= 0.6 is 0 Å². The zero-order chi connectivity index (χ0) is 26.1. The van der Waals surface area contributed by atoms with E-state index in [0.29, 0.717) is 0 Å². The van der Waals surface area contributed by atoms with E-state index in [1.54, 1.807) is 0 Å². The monoisotopic (exact) mass is 503 g/mol. The second-order valence-corrected chi connectivity index (χ2v) is 8.00. The summed E-state index contributed by atoms with van der Waals surface area (Å²) in [7, 11) is 2.26. The van der Waals surface area contributed by atoms with E-state index in [9.17, 15) is 31.5 Å². The van der Waals surface area contributed by atoms with E-state index in [4.69, 9.17) is 9.47 Å². The van der Waals surface area contributed by atoms with Crippen LogP contribution in [0.3, 0.4) is 0 Å². The van der Waals surface area contributed by atoms with Crippen molar-refractivity contribution in [2.45, 2.75) is 44.1 Å². The predicted octanol–water partition coefficient (Wildman–Crippen LogP) is 4.29. The third kappa shape index (κ3) is 4.90. The van der Waals surface area contributed by atoms with Gasteiger partial charge in [0.05, 0.1) is 14.2 Å². The van der Waals surface area contributed by atoms with E-state index < -0.39 is 53.7 Å². The SMILES string of the molecule is COC(=O)c1cc(NC(=O)[C@@H]2O[C@@](C)(C(F)(F)F)[C@@H](C)[C@H]2c2ccc(C(F)F)nc2OC)ccn1. The number of aromatic nitrogens is 2. The number of amides is 1. The summed E-state index contributed by atoms with van der Waals surface area (Å²) in [5.41, 5.74) is -3.47. The normalized spacial score (nSPS) is 24.3. The molecule has 1 saturated heterocycles. The fourth-order valence-electron chi connectivity index (χ4n) is 3.97. The number of ether oxygens (including phenoxy) is 3. The number of nitrogens with zero attached hydrogens (tertiary/aromatic N) is 2. The molecule has 0 radical (unpaired) electrons. The van der Waals surface area contributed by atoms with Crippen LogP contribution in [0.2, 0.25) is 0 Å². The minimum atomic E-state index is -4.86. The number of anilines is 1. The second-order valence-electron chi connectivity index (χ2n) is 8.00. The van der Waals surface area contributed by atoms with Gasteiger partial charge in [-0.25, -0.2) is 23.5 Å². The van der Waals surface area contributed by atoms with Crippen molar-refractivity contribution in [3.05, 3.63) is 47.4 Å². The van der Waals surface area contributed by atoms with Crippen molar-refractivity contribution in [1.29, 1.82) is 0 Å². The molecule has 1 N–H and O–H groups in total. The van der Waals surface area contributed by atoms with Gasteiger partial charge < -0.3 is 19.5 Å². The average Bonchev–Trinajstić information content (AvgIpc) is 3.10. The predicted molar refractivity (Wildman–Crippen MR) is 111 cm³/mol. The molecule has 1 aliphatic heterocycles. The first-order chi connectivity index (χ1) is 16.3. The molecule has 0 unspecified atom stereocenters. The number of carbonyl (C=O) groups is 2. The highest BCUT2D eigenvalue weighted by atomic mass is 19.4. The second kappa shape index (κ2) is 9.72. The molecule has 3 heterocycles. The highest BCUT2D eigenvalue weighted by Gasteiger charge is 2.65. The van der Waals surface area contributed by atoms with Crippen LogP contribution < -0.4 is 10.1 Å². The van der Waals surface area contributed by atoms with Crippen molar-refractivity contribution in [3.8, 4) is 5.88 Å². The molecular formula is C22H22F5N3O5. The topological polar surface area (TPSA) is 99.6 Å². The summed E-state index contributed by atoms with van der Waals surface area (Å²) in [5.74, 6) is -4.70. The number of hydrogen-bond acceptors (Lipinski definition) is 7. The van der Waals surface area contributed by atoms with Gasteiger partial charge in [0.15, 0.2) is 5.60 Å². The number of hydrogen-bond donors (Lipinski definition) is 1. The summed E-state index contributed by atoms with van der Waals surface area (Å²) in [5, 5.41) is 2.42. The number of methoxy groups -OCH3 is 2. The lowest BCUT2D eigenvalue weighted by Gasteiger charge is -2.31. The molecular weight excluding hydrogens is 481 g/mol. The Morgan fingerprint density at radius 1 is 1.20 bits per heavy atom. The lowest BCUT2D eigenvalue weighted by Crippen LogP contribution is -2.47. The molecule has 4 atom stereocenters. The van der Waals surface area contributed by atoms with Gasteiger partial charge in [0.1, 0.15) is 17.5 Å². The highest BCUT2D eigenvalue weighted by Crippen LogP contribution is 2.54. The van der Waals surface area contributed by atoms with Gasteiger partial charge in [-0.3, -0.25) is 4.79 Å². The molecule has 0 aromatic carbocycles. The van der Waals surface area contributed by atoms with Crippen LogP contribution in [0.25, 0.3) is 0 Å². The van der Waals surface area contributed by atoms with Crippen molar-refractivity contribution >= 4 is 17.6 Å². The van der Waals surface area contributed by atoms with Gasteiger partial charge in [0.25, 0.3) is 12.3 Å². The summed E-state index contributed by atoms with van der Waals surface area (Å²) in [6, 6.07) is 4.61. The maximum atomic E-state index is 14.0. The number of halogens is 5. The van der Waals surface area contributed by atoms with E-state index in [0.717, 1.165) is 33.3 Å². The Kier molecular flexibility index (Phi) is 7.29. The molecule has 0 saturated carbocycles. The van der Waals surface area contributed by atoms with Crippen LogP contribution in [-0.2, 0) is 14.3 Å². The standard InChI is InChI=1S/C22H22F5N3O5/c1-10-15(12-5-6-13(17(23)24)30-19(12)33-3)16(35-21(10,2)22(25,26)27)18(31)29-11-7-8-28-14(9-11)20(32)34-4/h5-10,15-17H,1-4H3,(H,28,29,31)/t10-,15-,16+,21+/m0/s1. The van der Waals surface area contributed by atoms with Gasteiger partial charge in [-0.2, -0.15) is 13.2 Å². The average molecular weight is 503 g/mol. The molecule has 190 valence electrons. The smallest absolute Gasteiger partial charge is 0.417 e. The van der Waals surface area contributed by atoms with Crippen LogP contribution in [0, 0.1) is 5.92 Å². The zero-order valence-electron chi connectivity index (χ0n) is 19.0. The summed E-state index contributed by atoms with van der Waals surface area (Å²) >= 11 is 0. The van der Waals surface area contributed by atoms with Crippen molar-refractivity contribution in [2.75, 3.05) is 19.5 Å². The summed E-state index contributed by atoms with van der Waals surface area (Å²) < 4.78 is 83.3. The molecule has 13 heteroatoms. The summed E-state index contributed by atoms with van der Waals surface area (Å²) in [6.45, 7) is 2.06. The molecule has 2 aromatic heterocycles. The van der Waals surface area contributed by atoms with Crippen molar-refractivity contribution in [1.82, 2.24) is 9.97 Å². The lowest BCUT2D eigenvalue weighted by atomic mass is 9.77. The Labute approximate surface area is 196 Å². The van der Waals surface area contributed by atoms with Crippen molar-refractivity contribution < 1.29 is 45.8 Å². The van der Waals surface area contributed by atoms with Gasteiger partial charge in [0.2, 0.25) is 5.88 Å². The Morgan fingerprint density at radius 2 is 1.89 bits per heavy atom. The molecule has 35 heavy (non-hydrogen) atoms. The highest BCUT2D eigenvalue weighted by molar-refractivity contribution is 5.96. The Balaban J connectivity index is 2.04. The molecule has 0 aliphatic carbocycles. The Bertz CT molecular complexity index is 1110. The van der Waals surface area contributed by atoms with Crippen LogP contribution in [0.15, 0.2) is 30.5 Å². The van der Waals surface area contributed by atoms with Gasteiger partial charge in [-0.1, -0.05) is 13.0 Å². The Morgan fingerprint density at radius 3 is 2.46 bits per heavy atom. The van der Waals surface area contributed by atoms with Gasteiger partial charge in [-0.05, 0) is 25.1 Å². The number of pyridine rings is 2. The van der Waals surface area contributed by atoms with E-state index in [1.807, 2.05) is 0 Å². The quantitative estimate of drug-likeness (QED) is 0.464. The molecule has 0 bridgehead atoms. The zero-order valence-corrected chi connectivity index (χ0v) is 19.0. The first kappa shape index (κ1) is 26.3. The number of carbonyl (C=O) groups excluding carboxylic acids is 2. The third-order valence-corrected chi connectivity index (χ3v) is 6.04. The molecule has 0 spiro atoms. The maximum absolute atomic E-state index is 14.0. The minimum absolute atomic E-state index is 0.00232. The van der Waals surface area contributed by atoms with Crippen LogP contribution in [0.4, 0.5) is 27.6 Å². The van der Waals surface area contributed by atoms with E-state index >= 15 is 0 Å².